The number of hydrogen-bond acceptors (Lipinski definition) is 6. The molecule has 27 heavy (non-hydrogen) atoms. The molecule has 0 bridgehead atoms. The standard InChI is InChI=1S/C21H27N5O/c1-15(16-2-3-20-17(12-16)5-11-27-20)25-7-9-26(10-8-25)21-23-14-18-13-22-6-4-19(18)24-21/h2-3,12,14-15,22H,4-11,13H2,1H3. The average molecular weight is 365 g/mol. The maximum atomic E-state index is 5.64. The number of anilines is 1. The Hall–Kier alpha value is -2.18. The van der Waals surface area contributed by atoms with Crippen molar-refractivity contribution in [1.82, 2.24) is 20.2 Å². The van der Waals surface area contributed by atoms with E-state index in [1.54, 1.807) is 0 Å². The number of rotatable bonds is 3. The first kappa shape index (κ1) is 17.0. The molecule has 0 amide bonds. The van der Waals surface area contributed by atoms with Gasteiger partial charge in [-0.3, -0.25) is 4.90 Å². The van der Waals surface area contributed by atoms with E-state index in [1.807, 2.05) is 6.20 Å². The summed E-state index contributed by atoms with van der Waals surface area (Å²) in [6.07, 6.45) is 4.05. The van der Waals surface area contributed by atoms with Crippen LogP contribution in [0.1, 0.15) is 35.3 Å². The lowest BCUT2D eigenvalue weighted by molar-refractivity contribution is 0.197. The zero-order valence-electron chi connectivity index (χ0n) is 15.9. The summed E-state index contributed by atoms with van der Waals surface area (Å²) in [5.41, 5.74) is 5.22. The number of ether oxygens (including phenoxy) is 1. The van der Waals surface area contributed by atoms with Crippen molar-refractivity contribution in [1.29, 1.82) is 0 Å². The van der Waals surface area contributed by atoms with E-state index in [2.05, 4.69) is 45.2 Å². The van der Waals surface area contributed by atoms with Crippen LogP contribution in [-0.2, 0) is 19.4 Å². The van der Waals surface area contributed by atoms with E-state index in [4.69, 9.17) is 9.72 Å². The molecule has 3 aliphatic rings. The highest BCUT2D eigenvalue weighted by atomic mass is 16.5. The molecule has 5 rings (SSSR count). The molecule has 0 aliphatic carbocycles. The van der Waals surface area contributed by atoms with E-state index in [9.17, 15) is 0 Å². The van der Waals surface area contributed by atoms with Gasteiger partial charge in [0.25, 0.3) is 0 Å². The smallest absolute Gasteiger partial charge is 0.225 e. The summed E-state index contributed by atoms with van der Waals surface area (Å²) in [7, 11) is 0. The molecule has 6 heteroatoms. The Kier molecular flexibility index (Phi) is 4.45. The van der Waals surface area contributed by atoms with Crippen LogP contribution in [0.3, 0.4) is 0 Å². The molecular weight excluding hydrogens is 338 g/mol. The normalized spacial score (nSPS) is 20.7. The zero-order chi connectivity index (χ0) is 18.2. The van der Waals surface area contributed by atoms with Gasteiger partial charge in [0.05, 0.1) is 12.3 Å². The number of hydrogen-bond donors (Lipinski definition) is 1. The first-order valence-corrected chi connectivity index (χ1v) is 10.1. The zero-order valence-corrected chi connectivity index (χ0v) is 15.9. The summed E-state index contributed by atoms with van der Waals surface area (Å²) < 4.78 is 5.64. The lowest BCUT2D eigenvalue weighted by Gasteiger charge is -2.38. The minimum Gasteiger partial charge on any atom is -0.493 e. The van der Waals surface area contributed by atoms with Gasteiger partial charge < -0.3 is 15.0 Å². The molecule has 2 aromatic rings. The predicted octanol–water partition coefficient (Wildman–Crippen LogP) is 1.94. The Morgan fingerprint density at radius 2 is 2.00 bits per heavy atom. The topological polar surface area (TPSA) is 53.5 Å². The van der Waals surface area contributed by atoms with E-state index in [0.29, 0.717) is 6.04 Å². The third-order valence-corrected chi connectivity index (χ3v) is 6.14. The Bertz CT molecular complexity index is 831. The minimum atomic E-state index is 0.425. The highest BCUT2D eigenvalue weighted by Gasteiger charge is 2.25. The fourth-order valence-electron chi connectivity index (χ4n) is 4.36. The van der Waals surface area contributed by atoms with Crippen LogP contribution in [0.15, 0.2) is 24.4 Å². The van der Waals surface area contributed by atoms with Gasteiger partial charge in [-0.1, -0.05) is 12.1 Å². The van der Waals surface area contributed by atoms with Crippen molar-refractivity contribution in [3.63, 3.8) is 0 Å². The molecule has 6 nitrogen and oxygen atoms in total. The summed E-state index contributed by atoms with van der Waals surface area (Å²) in [5, 5.41) is 3.38. The van der Waals surface area contributed by atoms with Gasteiger partial charge in [-0.15, -0.1) is 0 Å². The average Bonchev–Trinajstić information content (AvgIpc) is 3.21. The highest BCUT2D eigenvalue weighted by Crippen LogP contribution is 2.30. The van der Waals surface area contributed by atoms with Crippen molar-refractivity contribution in [3.05, 3.63) is 46.8 Å². The molecule has 142 valence electrons. The first-order chi connectivity index (χ1) is 13.3. The predicted molar refractivity (Wildman–Crippen MR) is 105 cm³/mol. The number of fused-ring (bicyclic) bond motifs is 2. The molecule has 1 aromatic heterocycles. The van der Waals surface area contributed by atoms with E-state index in [-0.39, 0.29) is 0 Å². The quantitative estimate of drug-likeness (QED) is 0.897. The molecular formula is C21H27N5O. The number of nitrogens with zero attached hydrogens (tertiary/aromatic N) is 4. The molecule has 1 saturated heterocycles. The van der Waals surface area contributed by atoms with Crippen molar-refractivity contribution in [2.24, 2.45) is 0 Å². The monoisotopic (exact) mass is 365 g/mol. The van der Waals surface area contributed by atoms with Gasteiger partial charge in [0.15, 0.2) is 0 Å². The summed E-state index contributed by atoms with van der Waals surface area (Å²) in [4.78, 5) is 14.4. The van der Waals surface area contributed by atoms with Gasteiger partial charge in [0, 0.05) is 69.9 Å². The minimum absolute atomic E-state index is 0.425. The Morgan fingerprint density at radius 1 is 1.11 bits per heavy atom. The largest absolute Gasteiger partial charge is 0.493 e. The Morgan fingerprint density at radius 3 is 2.89 bits per heavy atom. The molecule has 1 atom stereocenters. The van der Waals surface area contributed by atoms with Crippen molar-refractivity contribution in [2.75, 3.05) is 44.2 Å². The molecule has 1 aromatic carbocycles. The van der Waals surface area contributed by atoms with Gasteiger partial charge in [-0.25, -0.2) is 9.97 Å². The maximum Gasteiger partial charge on any atom is 0.225 e. The Labute approximate surface area is 160 Å². The molecule has 0 spiro atoms. The van der Waals surface area contributed by atoms with Crippen molar-refractivity contribution >= 4 is 5.95 Å². The van der Waals surface area contributed by atoms with Gasteiger partial charge in [-0.05, 0) is 24.1 Å². The van der Waals surface area contributed by atoms with Crippen LogP contribution < -0.4 is 15.0 Å². The number of piperazine rings is 1. The second kappa shape index (κ2) is 7.09. The SMILES string of the molecule is CC(c1ccc2c(c1)CCO2)N1CCN(c2ncc3c(n2)CCNC3)CC1. The molecule has 0 saturated carbocycles. The lowest BCUT2D eigenvalue weighted by Crippen LogP contribution is -2.47. The summed E-state index contributed by atoms with van der Waals surface area (Å²) in [5.74, 6) is 1.97. The second-order valence-electron chi connectivity index (χ2n) is 7.73. The lowest BCUT2D eigenvalue weighted by atomic mass is 10.0. The van der Waals surface area contributed by atoms with Gasteiger partial charge in [0.2, 0.25) is 5.95 Å². The van der Waals surface area contributed by atoms with Crippen molar-refractivity contribution < 1.29 is 4.74 Å². The Balaban J connectivity index is 1.25. The van der Waals surface area contributed by atoms with E-state index < -0.39 is 0 Å². The molecule has 1 N–H and O–H groups in total. The summed E-state index contributed by atoms with van der Waals surface area (Å²) in [6, 6.07) is 7.12. The molecule has 1 fully saturated rings. The van der Waals surface area contributed by atoms with Gasteiger partial charge >= 0.3 is 0 Å². The van der Waals surface area contributed by atoms with Crippen molar-refractivity contribution in [2.45, 2.75) is 32.4 Å². The number of benzene rings is 1. The van der Waals surface area contributed by atoms with Crippen LogP contribution in [-0.4, -0.2) is 54.2 Å². The van der Waals surface area contributed by atoms with Gasteiger partial charge in [-0.2, -0.15) is 0 Å². The molecule has 0 radical (unpaired) electrons. The first-order valence-electron chi connectivity index (χ1n) is 10.1. The van der Waals surface area contributed by atoms with Crippen LogP contribution in [0.5, 0.6) is 5.75 Å². The van der Waals surface area contributed by atoms with Crippen LogP contribution in [0.2, 0.25) is 0 Å². The van der Waals surface area contributed by atoms with Crippen LogP contribution in [0, 0.1) is 0 Å². The van der Waals surface area contributed by atoms with Gasteiger partial charge in [0.1, 0.15) is 5.75 Å². The highest BCUT2D eigenvalue weighted by molar-refractivity contribution is 5.41. The molecule has 1 unspecified atom stereocenters. The molecule has 4 heterocycles. The van der Waals surface area contributed by atoms with E-state index >= 15 is 0 Å². The fourth-order valence-corrected chi connectivity index (χ4v) is 4.36. The third-order valence-electron chi connectivity index (χ3n) is 6.14. The number of nitrogens with one attached hydrogen (secondary N) is 1. The third kappa shape index (κ3) is 3.28. The maximum absolute atomic E-state index is 5.64. The van der Waals surface area contributed by atoms with E-state index in [0.717, 1.165) is 70.4 Å². The van der Waals surface area contributed by atoms with Crippen LogP contribution in [0.25, 0.3) is 0 Å². The number of aromatic nitrogens is 2. The van der Waals surface area contributed by atoms with Crippen LogP contribution >= 0.6 is 0 Å². The summed E-state index contributed by atoms with van der Waals surface area (Å²) >= 11 is 0. The van der Waals surface area contributed by atoms with E-state index in [1.165, 1.54) is 22.4 Å². The van der Waals surface area contributed by atoms with Crippen LogP contribution in [0.4, 0.5) is 5.95 Å². The molecule has 3 aliphatic heterocycles. The fraction of sp³-hybridized carbons (Fsp3) is 0.524. The second-order valence-corrected chi connectivity index (χ2v) is 7.73. The van der Waals surface area contributed by atoms with Crippen molar-refractivity contribution in [3.8, 4) is 5.75 Å². The summed E-state index contributed by atoms with van der Waals surface area (Å²) in [6.45, 7) is 9.09.